The lowest BCUT2D eigenvalue weighted by atomic mass is 9.82. The number of nitrogens with zero attached hydrogens (tertiary/aromatic N) is 4. The molecule has 0 aliphatic heterocycles. The molecular weight excluding hydrogens is 693 g/mol. The number of fused-ring (bicyclic) bond motifs is 9. The number of nitriles is 1. The van der Waals surface area contributed by atoms with Crippen molar-refractivity contribution in [1.82, 2.24) is 9.13 Å². The second kappa shape index (κ2) is 12.2. The van der Waals surface area contributed by atoms with Crippen molar-refractivity contribution >= 4 is 49.3 Å². The van der Waals surface area contributed by atoms with Crippen LogP contribution >= 0.6 is 0 Å². The molecule has 0 unspecified atom stereocenters. The van der Waals surface area contributed by atoms with Crippen LogP contribution in [0.1, 0.15) is 30.5 Å². The fourth-order valence-electron chi connectivity index (χ4n) is 9.48. The number of rotatable bonds is 4. The Bertz CT molecular complexity index is 3290. The number of benzene rings is 8. The summed E-state index contributed by atoms with van der Waals surface area (Å²) < 4.78 is 4.39. The fraction of sp³-hybridized carbons (Fsp3) is 0.0566. The van der Waals surface area contributed by atoms with Crippen molar-refractivity contribution in [1.29, 1.82) is 5.26 Å². The van der Waals surface area contributed by atoms with Gasteiger partial charge in [0, 0.05) is 27.0 Å². The summed E-state index contributed by atoms with van der Waals surface area (Å²) in [6.07, 6.45) is 0. The zero-order valence-corrected chi connectivity index (χ0v) is 31.5. The molecule has 10 aromatic rings. The van der Waals surface area contributed by atoms with Gasteiger partial charge in [0.1, 0.15) is 0 Å². The van der Waals surface area contributed by atoms with Gasteiger partial charge in [-0.15, -0.1) is 0 Å². The molecule has 1 aliphatic rings. The molecule has 1 aliphatic carbocycles. The summed E-state index contributed by atoms with van der Waals surface area (Å²) in [7, 11) is 0. The number of hydrogen-bond donors (Lipinski definition) is 0. The molecule has 2 aromatic heterocycles. The van der Waals surface area contributed by atoms with Gasteiger partial charge in [0.05, 0.1) is 51.6 Å². The zero-order chi connectivity index (χ0) is 38.4. The molecule has 8 aromatic carbocycles. The van der Waals surface area contributed by atoms with Crippen LogP contribution in [0.5, 0.6) is 0 Å². The lowest BCUT2D eigenvalue weighted by molar-refractivity contribution is 0.661. The van der Waals surface area contributed by atoms with E-state index in [1.807, 2.05) is 24.3 Å². The molecule has 0 saturated carbocycles. The first kappa shape index (κ1) is 32.7. The molecule has 0 bridgehead atoms. The maximum absolute atomic E-state index is 10.8. The van der Waals surface area contributed by atoms with Gasteiger partial charge >= 0.3 is 0 Å². The van der Waals surface area contributed by atoms with E-state index in [0.29, 0.717) is 16.9 Å². The SMILES string of the molecule is [C-]#[N+]c1c(-n2c3ccccc3c3cc4c(cc32)C(C)(C)c2ccccc2-4)ccc(C#N)c1-n1c2ccc(-c3ccccc3)cc2c2cc(-c3ccccc3)ccc21. The first-order valence-corrected chi connectivity index (χ1v) is 19.3. The summed E-state index contributed by atoms with van der Waals surface area (Å²) in [5, 5.41) is 15.2. The average Bonchev–Trinajstić information content (AvgIpc) is 3.84. The van der Waals surface area contributed by atoms with E-state index in [2.05, 4.69) is 179 Å². The minimum absolute atomic E-state index is 0.194. The van der Waals surface area contributed by atoms with Gasteiger partial charge in [0.2, 0.25) is 5.69 Å². The van der Waals surface area contributed by atoms with Crippen LogP contribution in [0.4, 0.5) is 5.69 Å². The van der Waals surface area contributed by atoms with Crippen molar-refractivity contribution in [3.8, 4) is 50.8 Å². The molecule has 4 nitrogen and oxygen atoms in total. The van der Waals surface area contributed by atoms with Crippen LogP contribution in [-0.4, -0.2) is 9.13 Å². The van der Waals surface area contributed by atoms with E-state index < -0.39 is 0 Å². The van der Waals surface area contributed by atoms with Crippen LogP contribution < -0.4 is 0 Å². The summed E-state index contributed by atoms with van der Waals surface area (Å²) in [5.41, 5.74) is 15.5. The summed E-state index contributed by atoms with van der Waals surface area (Å²) in [4.78, 5) is 4.34. The third kappa shape index (κ3) is 4.65. The van der Waals surface area contributed by atoms with Gasteiger partial charge in [0.15, 0.2) is 0 Å². The van der Waals surface area contributed by atoms with E-state index in [9.17, 15) is 5.26 Å². The highest BCUT2D eigenvalue weighted by Crippen LogP contribution is 2.52. The number of aromatic nitrogens is 2. The Labute approximate surface area is 330 Å². The Morgan fingerprint density at radius 2 is 1.07 bits per heavy atom. The fourth-order valence-corrected chi connectivity index (χ4v) is 9.48. The van der Waals surface area contributed by atoms with Crippen molar-refractivity contribution in [2.45, 2.75) is 19.3 Å². The van der Waals surface area contributed by atoms with Gasteiger partial charge in [0.25, 0.3) is 0 Å². The first-order valence-electron chi connectivity index (χ1n) is 19.3. The molecule has 0 spiro atoms. The third-order valence-electron chi connectivity index (χ3n) is 12.2. The standard InChI is InChI=1S/C53H34N4/c1-53(2)44-20-12-10-18-38(44)40-30-43-39-19-11-13-21-46(39)56(50(43)31-45(40)53)49-27-24-37(32-54)52(51(49)55-3)57-47-25-22-35(33-14-6-4-7-15-33)28-41(47)42-29-36(23-26-48(42)57)34-16-8-5-9-17-34/h4-31H,1-2H3. The monoisotopic (exact) mass is 726 g/mol. The van der Waals surface area contributed by atoms with Crippen molar-refractivity contribution in [3.05, 3.63) is 198 Å². The van der Waals surface area contributed by atoms with Crippen LogP contribution in [0, 0.1) is 17.9 Å². The summed E-state index contributed by atoms with van der Waals surface area (Å²) in [6, 6.07) is 62.1. The lowest BCUT2D eigenvalue weighted by Gasteiger charge is -2.22. The van der Waals surface area contributed by atoms with E-state index in [1.165, 1.54) is 22.3 Å². The van der Waals surface area contributed by atoms with E-state index >= 15 is 0 Å². The predicted octanol–water partition coefficient (Wildman–Crippen LogP) is 13.9. The normalized spacial score (nSPS) is 12.8. The number of hydrogen-bond acceptors (Lipinski definition) is 1. The van der Waals surface area contributed by atoms with Crippen LogP contribution in [0.25, 0.3) is 93.2 Å². The Hall–Kier alpha value is -7.66. The molecule has 57 heavy (non-hydrogen) atoms. The Morgan fingerprint density at radius 3 is 1.72 bits per heavy atom. The topological polar surface area (TPSA) is 38.0 Å². The van der Waals surface area contributed by atoms with Crippen molar-refractivity contribution in [2.24, 2.45) is 0 Å². The van der Waals surface area contributed by atoms with E-state index in [-0.39, 0.29) is 5.41 Å². The van der Waals surface area contributed by atoms with Gasteiger partial charge in [-0.2, -0.15) is 5.26 Å². The average molecular weight is 727 g/mol. The second-order valence-electron chi connectivity index (χ2n) is 15.5. The highest BCUT2D eigenvalue weighted by Gasteiger charge is 2.36. The number of para-hydroxylation sites is 1. The molecule has 0 fully saturated rings. The van der Waals surface area contributed by atoms with Crippen molar-refractivity contribution in [3.63, 3.8) is 0 Å². The third-order valence-corrected chi connectivity index (χ3v) is 12.2. The van der Waals surface area contributed by atoms with Crippen LogP contribution in [0.15, 0.2) is 170 Å². The second-order valence-corrected chi connectivity index (χ2v) is 15.5. The van der Waals surface area contributed by atoms with Gasteiger partial charge in [-0.1, -0.05) is 129 Å². The van der Waals surface area contributed by atoms with E-state index in [0.717, 1.165) is 71.6 Å². The zero-order valence-electron chi connectivity index (χ0n) is 31.5. The molecule has 0 N–H and O–H groups in total. The molecule has 11 rings (SSSR count). The molecule has 0 atom stereocenters. The maximum Gasteiger partial charge on any atom is 0.235 e. The smallest absolute Gasteiger partial charge is 0.235 e. The van der Waals surface area contributed by atoms with Crippen molar-refractivity contribution in [2.75, 3.05) is 0 Å². The minimum atomic E-state index is -0.194. The van der Waals surface area contributed by atoms with Gasteiger partial charge < -0.3 is 9.13 Å². The first-order chi connectivity index (χ1) is 28.0. The van der Waals surface area contributed by atoms with E-state index in [1.54, 1.807) is 0 Å². The predicted molar refractivity (Wildman–Crippen MR) is 235 cm³/mol. The van der Waals surface area contributed by atoms with Crippen LogP contribution in [0.3, 0.4) is 0 Å². The Kier molecular flexibility index (Phi) is 6.99. The summed E-state index contributed by atoms with van der Waals surface area (Å²) >= 11 is 0. The molecule has 0 radical (unpaired) electrons. The molecule has 2 heterocycles. The molecule has 0 amide bonds. The van der Waals surface area contributed by atoms with E-state index in [4.69, 9.17) is 6.57 Å². The maximum atomic E-state index is 10.8. The lowest BCUT2D eigenvalue weighted by Crippen LogP contribution is -2.15. The van der Waals surface area contributed by atoms with Gasteiger partial charge in [-0.3, -0.25) is 0 Å². The quantitative estimate of drug-likeness (QED) is 0.166. The summed E-state index contributed by atoms with van der Waals surface area (Å²) in [5.74, 6) is 0. The largest absolute Gasteiger partial charge is 0.319 e. The van der Waals surface area contributed by atoms with Gasteiger partial charge in [-0.25, -0.2) is 4.85 Å². The Balaban J connectivity index is 1.22. The van der Waals surface area contributed by atoms with Gasteiger partial charge in [-0.05, 0) is 99.1 Å². The Morgan fingerprint density at radius 1 is 0.491 bits per heavy atom. The summed E-state index contributed by atoms with van der Waals surface area (Å²) in [6.45, 7) is 13.5. The molecule has 266 valence electrons. The highest BCUT2D eigenvalue weighted by atomic mass is 15.1. The molecular formula is C53H34N4. The molecule has 4 heteroatoms. The highest BCUT2D eigenvalue weighted by molar-refractivity contribution is 6.14. The van der Waals surface area contributed by atoms with Crippen molar-refractivity contribution < 1.29 is 0 Å². The van der Waals surface area contributed by atoms with Crippen LogP contribution in [0.2, 0.25) is 0 Å². The van der Waals surface area contributed by atoms with Crippen LogP contribution in [-0.2, 0) is 5.41 Å². The molecule has 0 saturated heterocycles. The minimum Gasteiger partial charge on any atom is -0.319 e.